The van der Waals surface area contributed by atoms with Gasteiger partial charge in [0.2, 0.25) is 0 Å². The zero-order valence-electron chi connectivity index (χ0n) is 8.48. The molecule has 3 N–H and O–H groups in total. The van der Waals surface area contributed by atoms with E-state index in [1.54, 1.807) is 6.07 Å². The second-order valence-electron chi connectivity index (χ2n) is 3.17. The third-order valence-corrected chi connectivity index (χ3v) is 2.77. The molecule has 0 aliphatic rings. The van der Waals surface area contributed by atoms with Crippen LogP contribution < -0.4 is 5.32 Å². The van der Waals surface area contributed by atoms with Crippen LogP contribution in [0, 0.1) is 0 Å². The lowest BCUT2D eigenvalue weighted by Gasteiger charge is -2.12. The molecule has 1 rings (SSSR count). The van der Waals surface area contributed by atoms with Gasteiger partial charge in [-0.15, -0.1) is 0 Å². The fourth-order valence-corrected chi connectivity index (χ4v) is 1.85. The summed E-state index contributed by atoms with van der Waals surface area (Å²) in [6.07, 6.45) is 0. The fraction of sp³-hybridized carbons (Fsp3) is 0.200. The number of nitrogens with one attached hydrogen (secondary N) is 1. The molecule has 5 nitrogen and oxygen atoms in total. The number of aliphatic hydroxyl groups excluding tert-OH is 1. The van der Waals surface area contributed by atoms with Crippen LogP contribution in [0.4, 0.5) is 0 Å². The number of halogens is 2. The normalized spacial score (nSPS) is 11.9. The van der Waals surface area contributed by atoms with Gasteiger partial charge >= 0.3 is 5.97 Å². The smallest absolute Gasteiger partial charge is 0.328 e. The molecule has 0 spiro atoms. The molecule has 0 saturated heterocycles. The van der Waals surface area contributed by atoms with Crippen molar-refractivity contribution in [2.24, 2.45) is 0 Å². The molecule has 0 aromatic heterocycles. The third kappa shape index (κ3) is 3.69. The molecule has 1 atom stereocenters. The van der Waals surface area contributed by atoms with Crippen molar-refractivity contribution in [1.82, 2.24) is 5.32 Å². The SMILES string of the molecule is O=C(NC(CO)C(=O)O)c1ccc(Br)cc1Cl. The molecule has 0 heterocycles. The van der Waals surface area contributed by atoms with Crippen molar-refractivity contribution in [2.75, 3.05) is 6.61 Å². The predicted molar refractivity (Wildman–Crippen MR) is 65.1 cm³/mol. The van der Waals surface area contributed by atoms with Gasteiger partial charge in [-0.3, -0.25) is 4.79 Å². The van der Waals surface area contributed by atoms with E-state index in [0.717, 1.165) is 0 Å². The van der Waals surface area contributed by atoms with Crippen LogP contribution in [0.15, 0.2) is 22.7 Å². The van der Waals surface area contributed by atoms with E-state index in [0.29, 0.717) is 4.47 Å². The summed E-state index contributed by atoms with van der Waals surface area (Å²) < 4.78 is 0.705. The molecule has 1 aromatic rings. The summed E-state index contributed by atoms with van der Waals surface area (Å²) in [5.74, 6) is -1.96. The Hall–Kier alpha value is -1.11. The van der Waals surface area contributed by atoms with Crippen molar-refractivity contribution in [2.45, 2.75) is 6.04 Å². The number of rotatable bonds is 4. The first-order valence-corrected chi connectivity index (χ1v) is 5.72. The molecule has 0 bridgehead atoms. The van der Waals surface area contributed by atoms with E-state index in [1.165, 1.54) is 12.1 Å². The number of carboxylic acid groups (broad SMARTS) is 1. The van der Waals surface area contributed by atoms with Gasteiger partial charge in [0.25, 0.3) is 5.91 Å². The van der Waals surface area contributed by atoms with E-state index < -0.39 is 24.5 Å². The van der Waals surface area contributed by atoms with Crippen LogP contribution in [0.5, 0.6) is 0 Å². The van der Waals surface area contributed by atoms with Crippen LogP contribution >= 0.6 is 27.5 Å². The Morgan fingerprint density at radius 1 is 1.47 bits per heavy atom. The first-order valence-electron chi connectivity index (χ1n) is 4.55. The Morgan fingerprint density at radius 2 is 2.12 bits per heavy atom. The van der Waals surface area contributed by atoms with E-state index in [1.807, 2.05) is 0 Å². The van der Waals surface area contributed by atoms with Gasteiger partial charge in [-0.2, -0.15) is 0 Å². The molecule has 0 fully saturated rings. The highest BCUT2D eigenvalue weighted by molar-refractivity contribution is 9.10. The van der Waals surface area contributed by atoms with Gasteiger partial charge in [0.05, 0.1) is 17.2 Å². The Labute approximate surface area is 111 Å². The molecule has 0 saturated carbocycles. The maximum Gasteiger partial charge on any atom is 0.328 e. The van der Waals surface area contributed by atoms with E-state index in [-0.39, 0.29) is 10.6 Å². The highest BCUT2D eigenvalue weighted by atomic mass is 79.9. The van der Waals surface area contributed by atoms with Gasteiger partial charge < -0.3 is 15.5 Å². The van der Waals surface area contributed by atoms with Crippen molar-refractivity contribution < 1.29 is 19.8 Å². The number of aliphatic carboxylic acids is 1. The fourth-order valence-electron chi connectivity index (χ4n) is 1.10. The zero-order valence-corrected chi connectivity index (χ0v) is 10.8. The minimum Gasteiger partial charge on any atom is -0.480 e. The Morgan fingerprint density at radius 3 is 2.59 bits per heavy atom. The first kappa shape index (κ1) is 14.0. The Balaban J connectivity index is 2.86. The van der Waals surface area contributed by atoms with E-state index in [9.17, 15) is 9.59 Å². The molecule has 0 aliphatic carbocycles. The van der Waals surface area contributed by atoms with Crippen molar-refractivity contribution in [3.8, 4) is 0 Å². The summed E-state index contributed by atoms with van der Waals surface area (Å²) in [5, 5.41) is 19.8. The van der Waals surface area contributed by atoms with E-state index in [4.69, 9.17) is 21.8 Å². The Kier molecular flexibility index (Phi) is 4.92. The molecular formula is C10H9BrClNO4. The van der Waals surface area contributed by atoms with Crippen LogP contribution in [0.3, 0.4) is 0 Å². The molecule has 7 heteroatoms. The molecule has 0 aliphatic heterocycles. The third-order valence-electron chi connectivity index (χ3n) is 1.96. The molecule has 1 aromatic carbocycles. The van der Waals surface area contributed by atoms with E-state index in [2.05, 4.69) is 21.2 Å². The minimum absolute atomic E-state index is 0.148. The number of amides is 1. The van der Waals surface area contributed by atoms with Gasteiger partial charge in [-0.25, -0.2) is 4.79 Å². The van der Waals surface area contributed by atoms with Gasteiger partial charge in [0.15, 0.2) is 6.04 Å². The number of aliphatic hydroxyl groups is 1. The lowest BCUT2D eigenvalue weighted by atomic mass is 10.2. The quantitative estimate of drug-likeness (QED) is 0.779. The van der Waals surface area contributed by atoms with Crippen LogP contribution in [0.2, 0.25) is 5.02 Å². The first-order chi connectivity index (χ1) is 7.95. The van der Waals surface area contributed by atoms with Gasteiger partial charge in [-0.05, 0) is 18.2 Å². The van der Waals surface area contributed by atoms with Crippen molar-refractivity contribution in [3.63, 3.8) is 0 Å². The summed E-state index contributed by atoms with van der Waals surface area (Å²) in [7, 11) is 0. The summed E-state index contributed by atoms with van der Waals surface area (Å²) in [5.41, 5.74) is 0.148. The number of carbonyl (C=O) groups excluding carboxylic acids is 1. The van der Waals surface area contributed by atoms with Crippen LogP contribution in [0.25, 0.3) is 0 Å². The van der Waals surface area contributed by atoms with Crippen LogP contribution in [-0.2, 0) is 4.79 Å². The van der Waals surface area contributed by atoms with E-state index >= 15 is 0 Å². The molecular weight excluding hydrogens is 313 g/mol. The van der Waals surface area contributed by atoms with Crippen molar-refractivity contribution >= 4 is 39.4 Å². The lowest BCUT2D eigenvalue weighted by molar-refractivity contribution is -0.140. The monoisotopic (exact) mass is 321 g/mol. The second-order valence-corrected chi connectivity index (χ2v) is 4.49. The number of hydrogen-bond acceptors (Lipinski definition) is 3. The average Bonchev–Trinajstić information content (AvgIpc) is 2.24. The van der Waals surface area contributed by atoms with Gasteiger partial charge in [-0.1, -0.05) is 27.5 Å². The number of hydrogen-bond donors (Lipinski definition) is 3. The summed E-state index contributed by atoms with van der Waals surface area (Å²) in [6.45, 7) is -0.685. The summed E-state index contributed by atoms with van der Waals surface area (Å²) >= 11 is 9.01. The van der Waals surface area contributed by atoms with Gasteiger partial charge in [0, 0.05) is 4.47 Å². The topological polar surface area (TPSA) is 86.6 Å². The lowest BCUT2D eigenvalue weighted by Crippen LogP contribution is -2.43. The van der Waals surface area contributed by atoms with Crippen molar-refractivity contribution in [3.05, 3.63) is 33.3 Å². The number of carboxylic acids is 1. The molecule has 0 radical (unpaired) electrons. The van der Waals surface area contributed by atoms with Gasteiger partial charge in [0.1, 0.15) is 0 Å². The average molecular weight is 323 g/mol. The molecule has 1 unspecified atom stereocenters. The second kappa shape index (κ2) is 6.00. The highest BCUT2D eigenvalue weighted by Crippen LogP contribution is 2.21. The number of benzene rings is 1. The largest absolute Gasteiger partial charge is 0.480 e. The molecule has 17 heavy (non-hydrogen) atoms. The predicted octanol–water partition coefficient (Wildman–Crippen LogP) is 1.28. The standard InChI is InChI=1S/C10H9BrClNO4/c11-5-1-2-6(7(12)3-5)9(15)13-8(4-14)10(16)17/h1-3,8,14H,4H2,(H,13,15)(H,16,17). The maximum absolute atomic E-state index is 11.7. The maximum atomic E-state index is 11.7. The highest BCUT2D eigenvalue weighted by Gasteiger charge is 2.20. The minimum atomic E-state index is -1.35. The van der Waals surface area contributed by atoms with Crippen molar-refractivity contribution in [1.29, 1.82) is 0 Å². The Bertz CT molecular complexity index is 452. The molecule has 92 valence electrons. The van der Waals surface area contributed by atoms with Crippen LogP contribution in [-0.4, -0.2) is 34.7 Å². The molecule has 1 amide bonds. The zero-order chi connectivity index (χ0) is 13.0. The number of carbonyl (C=O) groups is 2. The summed E-state index contributed by atoms with van der Waals surface area (Å²) in [4.78, 5) is 22.3. The van der Waals surface area contributed by atoms with Crippen LogP contribution in [0.1, 0.15) is 10.4 Å². The summed E-state index contributed by atoms with van der Waals surface area (Å²) in [6, 6.07) is 3.24.